The normalized spacial score (nSPS) is 9.74. The maximum absolute atomic E-state index is 10.9. The third-order valence-corrected chi connectivity index (χ3v) is 2.58. The van der Waals surface area contributed by atoms with Crippen LogP contribution in [0.5, 0.6) is 17.2 Å². The number of ether oxygens (including phenoxy) is 2. The summed E-state index contributed by atoms with van der Waals surface area (Å²) in [6.45, 7) is 0. The van der Waals surface area contributed by atoms with Crippen LogP contribution in [-0.2, 0) is 0 Å². The third kappa shape index (κ3) is 2.80. The van der Waals surface area contributed by atoms with E-state index in [0.29, 0.717) is 34.7 Å². The summed E-state index contributed by atoms with van der Waals surface area (Å²) in [6.07, 6.45) is 1.47. The Morgan fingerprint density at radius 3 is 2.26 bits per heavy atom. The molecule has 4 heteroatoms. The molecule has 0 bridgehead atoms. The molecule has 0 fully saturated rings. The van der Waals surface area contributed by atoms with Gasteiger partial charge in [0.2, 0.25) is 0 Å². The van der Waals surface area contributed by atoms with Crippen LogP contribution in [-0.4, -0.2) is 19.7 Å². The first-order valence-corrected chi connectivity index (χ1v) is 5.63. The predicted octanol–water partition coefficient (Wildman–Crippen LogP) is 3.11. The molecule has 0 amide bonds. The predicted molar refractivity (Wildman–Crippen MR) is 70.3 cm³/mol. The molecule has 96 valence electrons. The Bertz CT molecular complexity index is 588. The highest BCUT2D eigenvalue weighted by Gasteiger charge is 2.10. The van der Waals surface area contributed by atoms with Crippen LogP contribution in [0.4, 0.5) is 0 Å². The lowest BCUT2D eigenvalue weighted by atomic mass is 10.2. The molecule has 2 aromatic carbocycles. The van der Waals surface area contributed by atoms with Gasteiger partial charge in [0.1, 0.15) is 12.0 Å². The largest absolute Gasteiger partial charge is 0.492 e. The zero-order valence-electron chi connectivity index (χ0n) is 10.3. The number of para-hydroxylation sites is 1. The summed E-state index contributed by atoms with van der Waals surface area (Å²) in [5.74, 6) is 1.40. The van der Waals surface area contributed by atoms with Gasteiger partial charge in [-0.25, -0.2) is 0 Å². The van der Waals surface area contributed by atoms with E-state index in [-0.39, 0.29) is 0 Å². The van der Waals surface area contributed by atoms with Gasteiger partial charge in [0.05, 0.1) is 12.7 Å². The van der Waals surface area contributed by atoms with E-state index in [0.717, 1.165) is 6.29 Å². The number of carbonyl (C=O) groups excluding carboxylic acids is 2. The van der Waals surface area contributed by atoms with Crippen LogP contribution in [0.15, 0.2) is 42.5 Å². The molecular formula is C15H12O4. The first kappa shape index (κ1) is 12.8. The van der Waals surface area contributed by atoms with Crippen molar-refractivity contribution in [3.8, 4) is 17.2 Å². The minimum atomic E-state index is 0.386. The second-order valence-corrected chi connectivity index (χ2v) is 3.79. The fourth-order valence-corrected chi connectivity index (χ4v) is 1.67. The molecule has 0 heterocycles. The summed E-state index contributed by atoms with van der Waals surface area (Å²) >= 11 is 0. The minimum Gasteiger partial charge on any atom is -0.492 e. The summed E-state index contributed by atoms with van der Waals surface area (Å²) in [4.78, 5) is 21.5. The first-order valence-electron chi connectivity index (χ1n) is 5.63. The van der Waals surface area contributed by atoms with Gasteiger partial charge in [-0.3, -0.25) is 9.59 Å². The van der Waals surface area contributed by atoms with Gasteiger partial charge in [-0.1, -0.05) is 6.07 Å². The maximum Gasteiger partial charge on any atom is 0.171 e. The van der Waals surface area contributed by atoms with Crippen molar-refractivity contribution in [2.24, 2.45) is 0 Å². The molecule has 0 spiro atoms. The molecular weight excluding hydrogens is 244 g/mol. The fraction of sp³-hybridized carbons (Fsp3) is 0.0667. The first-order chi connectivity index (χ1) is 9.28. The van der Waals surface area contributed by atoms with E-state index in [1.807, 2.05) is 0 Å². The van der Waals surface area contributed by atoms with Crippen molar-refractivity contribution in [3.05, 3.63) is 53.6 Å². The average molecular weight is 256 g/mol. The standard InChI is InChI=1S/C15H12O4/c1-18-15-12(10-17)3-2-4-14(15)19-13-7-5-11(9-16)6-8-13/h2-10H,1H3. The number of methoxy groups -OCH3 is 1. The molecule has 2 aromatic rings. The van der Waals surface area contributed by atoms with Gasteiger partial charge in [-0.2, -0.15) is 0 Å². The quantitative estimate of drug-likeness (QED) is 0.771. The number of hydrogen-bond acceptors (Lipinski definition) is 4. The molecule has 0 aliphatic carbocycles. The fourth-order valence-electron chi connectivity index (χ4n) is 1.67. The Morgan fingerprint density at radius 2 is 1.68 bits per heavy atom. The maximum atomic E-state index is 10.9. The smallest absolute Gasteiger partial charge is 0.171 e. The molecule has 0 aliphatic heterocycles. The van der Waals surface area contributed by atoms with Gasteiger partial charge in [0.15, 0.2) is 17.8 Å². The van der Waals surface area contributed by atoms with Gasteiger partial charge in [0, 0.05) is 5.56 Å². The SMILES string of the molecule is COc1c(C=O)cccc1Oc1ccc(C=O)cc1. The molecule has 0 atom stereocenters. The summed E-state index contributed by atoms with van der Waals surface area (Å²) < 4.78 is 10.8. The third-order valence-electron chi connectivity index (χ3n) is 2.58. The van der Waals surface area contributed by atoms with E-state index in [9.17, 15) is 9.59 Å². The minimum absolute atomic E-state index is 0.386. The topological polar surface area (TPSA) is 52.6 Å². The Labute approximate surface area is 110 Å². The van der Waals surface area contributed by atoms with Gasteiger partial charge >= 0.3 is 0 Å². The molecule has 0 aromatic heterocycles. The monoisotopic (exact) mass is 256 g/mol. The molecule has 0 unspecified atom stereocenters. The Hall–Kier alpha value is -2.62. The van der Waals surface area contributed by atoms with Crippen molar-refractivity contribution >= 4 is 12.6 Å². The van der Waals surface area contributed by atoms with Crippen LogP contribution >= 0.6 is 0 Å². The van der Waals surface area contributed by atoms with Crippen LogP contribution in [0, 0.1) is 0 Å². The average Bonchev–Trinajstić information content (AvgIpc) is 2.47. The number of aldehydes is 2. The van der Waals surface area contributed by atoms with Crippen molar-refractivity contribution in [3.63, 3.8) is 0 Å². The molecule has 19 heavy (non-hydrogen) atoms. The Balaban J connectivity index is 2.31. The summed E-state index contributed by atoms with van der Waals surface area (Å²) in [5, 5.41) is 0. The van der Waals surface area contributed by atoms with Crippen LogP contribution in [0.25, 0.3) is 0 Å². The van der Waals surface area contributed by atoms with Crippen molar-refractivity contribution in [2.75, 3.05) is 7.11 Å². The van der Waals surface area contributed by atoms with E-state index in [4.69, 9.17) is 9.47 Å². The highest BCUT2D eigenvalue weighted by Crippen LogP contribution is 2.33. The van der Waals surface area contributed by atoms with Gasteiger partial charge in [-0.15, -0.1) is 0 Å². The summed E-state index contributed by atoms with van der Waals surface area (Å²) in [5.41, 5.74) is 0.991. The van der Waals surface area contributed by atoms with Gasteiger partial charge in [-0.05, 0) is 36.4 Å². The van der Waals surface area contributed by atoms with E-state index in [1.165, 1.54) is 7.11 Å². The lowest BCUT2D eigenvalue weighted by molar-refractivity contribution is 0.111. The number of carbonyl (C=O) groups is 2. The van der Waals surface area contributed by atoms with Crippen LogP contribution in [0.1, 0.15) is 20.7 Å². The highest BCUT2D eigenvalue weighted by molar-refractivity contribution is 5.81. The summed E-state index contributed by atoms with van der Waals surface area (Å²) in [6, 6.07) is 11.7. The molecule has 0 saturated heterocycles. The van der Waals surface area contributed by atoms with Gasteiger partial charge < -0.3 is 9.47 Å². The van der Waals surface area contributed by atoms with Crippen molar-refractivity contribution in [1.82, 2.24) is 0 Å². The highest BCUT2D eigenvalue weighted by atomic mass is 16.5. The second kappa shape index (κ2) is 5.82. The number of benzene rings is 2. The Morgan fingerprint density at radius 1 is 0.947 bits per heavy atom. The van der Waals surface area contributed by atoms with Crippen molar-refractivity contribution < 1.29 is 19.1 Å². The van der Waals surface area contributed by atoms with Crippen molar-refractivity contribution in [1.29, 1.82) is 0 Å². The second-order valence-electron chi connectivity index (χ2n) is 3.79. The molecule has 0 radical (unpaired) electrons. The molecule has 2 rings (SSSR count). The van der Waals surface area contributed by atoms with Crippen LogP contribution in [0.2, 0.25) is 0 Å². The lowest BCUT2D eigenvalue weighted by Crippen LogP contribution is -1.94. The van der Waals surface area contributed by atoms with Gasteiger partial charge in [0.25, 0.3) is 0 Å². The molecule has 0 N–H and O–H groups in total. The van der Waals surface area contributed by atoms with E-state index in [1.54, 1.807) is 42.5 Å². The Kier molecular flexibility index (Phi) is 3.93. The lowest BCUT2D eigenvalue weighted by Gasteiger charge is -2.11. The van der Waals surface area contributed by atoms with E-state index < -0.39 is 0 Å². The van der Waals surface area contributed by atoms with E-state index in [2.05, 4.69) is 0 Å². The van der Waals surface area contributed by atoms with Crippen molar-refractivity contribution in [2.45, 2.75) is 0 Å². The number of hydrogen-bond donors (Lipinski definition) is 0. The molecule has 0 saturated carbocycles. The van der Waals surface area contributed by atoms with E-state index >= 15 is 0 Å². The zero-order chi connectivity index (χ0) is 13.7. The van der Waals surface area contributed by atoms with Crippen LogP contribution in [0.3, 0.4) is 0 Å². The van der Waals surface area contributed by atoms with Crippen LogP contribution < -0.4 is 9.47 Å². The number of rotatable bonds is 5. The molecule has 4 nitrogen and oxygen atoms in total. The zero-order valence-corrected chi connectivity index (χ0v) is 10.3. The molecule has 0 aliphatic rings. The summed E-state index contributed by atoms with van der Waals surface area (Å²) in [7, 11) is 1.48.